The Balaban J connectivity index is 1.46. The van der Waals surface area contributed by atoms with Crippen LogP contribution in [0.15, 0.2) is 53.0 Å². The van der Waals surface area contributed by atoms with E-state index in [0.717, 1.165) is 10.2 Å². The van der Waals surface area contributed by atoms with Crippen LogP contribution < -0.4 is 15.5 Å². The Kier molecular flexibility index (Phi) is 6.70. The molecule has 0 saturated carbocycles. The van der Waals surface area contributed by atoms with E-state index in [9.17, 15) is 14.4 Å². The molecule has 1 atom stereocenters. The van der Waals surface area contributed by atoms with Crippen LogP contribution >= 0.6 is 27.5 Å². The number of nitrogens with zero attached hydrogens (tertiary/aromatic N) is 1. The van der Waals surface area contributed by atoms with E-state index in [1.54, 1.807) is 29.2 Å². The van der Waals surface area contributed by atoms with Gasteiger partial charge in [0.05, 0.1) is 16.5 Å². The lowest BCUT2D eigenvalue weighted by Crippen LogP contribution is -2.38. The predicted octanol–water partition coefficient (Wildman–Crippen LogP) is 3.00. The van der Waals surface area contributed by atoms with E-state index >= 15 is 0 Å². The molecule has 1 fully saturated rings. The molecule has 2 N–H and O–H groups in total. The van der Waals surface area contributed by atoms with Crippen LogP contribution in [-0.2, 0) is 9.59 Å². The van der Waals surface area contributed by atoms with Gasteiger partial charge in [0.25, 0.3) is 5.91 Å². The van der Waals surface area contributed by atoms with E-state index in [2.05, 4.69) is 26.6 Å². The van der Waals surface area contributed by atoms with Crippen LogP contribution in [0, 0.1) is 5.92 Å². The van der Waals surface area contributed by atoms with Crippen LogP contribution in [-0.4, -0.2) is 37.4 Å². The molecule has 1 unspecified atom stereocenters. The summed E-state index contributed by atoms with van der Waals surface area (Å²) in [5.74, 6) is -0.981. The lowest BCUT2D eigenvalue weighted by Gasteiger charge is -2.17. The highest BCUT2D eigenvalue weighted by Crippen LogP contribution is 2.27. The molecule has 6 nitrogen and oxygen atoms in total. The number of hydrogen-bond donors (Lipinski definition) is 2. The normalized spacial score (nSPS) is 16.1. The number of amides is 3. The Morgan fingerprint density at radius 1 is 1.11 bits per heavy atom. The smallest absolute Gasteiger partial charge is 0.252 e. The second-order valence-corrected chi connectivity index (χ2v) is 7.73. The predicted molar refractivity (Wildman–Crippen MR) is 111 cm³/mol. The molecule has 2 aromatic rings. The molecule has 1 saturated heterocycles. The molecule has 28 heavy (non-hydrogen) atoms. The fourth-order valence-electron chi connectivity index (χ4n) is 3.02. The maximum absolute atomic E-state index is 12.4. The number of rotatable bonds is 6. The molecule has 0 spiro atoms. The van der Waals surface area contributed by atoms with Gasteiger partial charge < -0.3 is 15.5 Å². The molecule has 0 bridgehead atoms. The molecule has 3 amide bonds. The van der Waals surface area contributed by atoms with Gasteiger partial charge in [-0.2, -0.15) is 0 Å². The number of benzene rings is 2. The van der Waals surface area contributed by atoms with Crippen molar-refractivity contribution >= 4 is 50.9 Å². The van der Waals surface area contributed by atoms with Crippen molar-refractivity contribution in [1.29, 1.82) is 0 Å². The monoisotopic (exact) mass is 463 g/mol. The van der Waals surface area contributed by atoms with Gasteiger partial charge in [-0.05, 0) is 30.3 Å². The quantitative estimate of drug-likeness (QED) is 0.645. The average molecular weight is 465 g/mol. The summed E-state index contributed by atoms with van der Waals surface area (Å²) in [7, 11) is 0. The number of nitrogens with one attached hydrogen (secondary N) is 2. The van der Waals surface area contributed by atoms with Gasteiger partial charge in [0.2, 0.25) is 11.8 Å². The highest BCUT2D eigenvalue weighted by atomic mass is 79.9. The lowest BCUT2D eigenvalue weighted by atomic mass is 10.1. The molecule has 2 aromatic carbocycles. The minimum absolute atomic E-state index is 0.0785. The summed E-state index contributed by atoms with van der Waals surface area (Å²) in [4.78, 5) is 38.3. The van der Waals surface area contributed by atoms with Gasteiger partial charge >= 0.3 is 0 Å². The molecular formula is C20H19BrClN3O3. The maximum Gasteiger partial charge on any atom is 0.252 e. The third kappa shape index (κ3) is 4.91. The molecule has 0 aliphatic carbocycles. The van der Waals surface area contributed by atoms with E-state index in [0.29, 0.717) is 17.1 Å². The molecule has 8 heteroatoms. The van der Waals surface area contributed by atoms with Crippen LogP contribution in [0.5, 0.6) is 0 Å². The van der Waals surface area contributed by atoms with E-state index in [4.69, 9.17) is 11.6 Å². The standard InChI is InChI=1S/C20H19BrClN3O3/c21-14-4-3-5-15(11-14)25-12-13(10-18(25)26)19(27)23-8-9-24-20(28)16-6-1-2-7-17(16)22/h1-7,11,13H,8-10,12H2,(H,23,27)(H,24,28). The Morgan fingerprint density at radius 3 is 2.61 bits per heavy atom. The van der Waals surface area contributed by atoms with Crippen LogP contribution in [0.1, 0.15) is 16.8 Å². The molecule has 1 aliphatic heterocycles. The Bertz CT molecular complexity index is 906. The molecular weight excluding hydrogens is 446 g/mol. The summed E-state index contributed by atoms with van der Waals surface area (Å²) in [6.07, 6.45) is 0.171. The zero-order valence-electron chi connectivity index (χ0n) is 15.0. The first kappa shape index (κ1) is 20.4. The summed E-state index contributed by atoms with van der Waals surface area (Å²) in [6, 6.07) is 14.2. The number of halogens is 2. The first-order chi connectivity index (χ1) is 13.5. The van der Waals surface area contributed by atoms with Crippen molar-refractivity contribution in [1.82, 2.24) is 10.6 Å². The van der Waals surface area contributed by atoms with Crippen molar-refractivity contribution in [2.75, 3.05) is 24.5 Å². The average Bonchev–Trinajstić information content (AvgIpc) is 3.07. The van der Waals surface area contributed by atoms with Crippen molar-refractivity contribution in [3.8, 4) is 0 Å². The number of anilines is 1. The summed E-state index contributed by atoms with van der Waals surface area (Å²) in [6.45, 7) is 0.884. The summed E-state index contributed by atoms with van der Waals surface area (Å²) < 4.78 is 0.875. The minimum Gasteiger partial charge on any atom is -0.354 e. The topological polar surface area (TPSA) is 78.5 Å². The van der Waals surface area contributed by atoms with Crippen LogP contribution in [0.3, 0.4) is 0 Å². The second-order valence-electron chi connectivity index (χ2n) is 6.41. The third-order valence-corrected chi connectivity index (χ3v) is 5.27. The third-order valence-electron chi connectivity index (χ3n) is 4.44. The molecule has 1 heterocycles. The van der Waals surface area contributed by atoms with E-state index in [1.165, 1.54) is 0 Å². The highest BCUT2D eigenvalue weighted by molar-refractivity contribution is 9.10. The summed E-state index contributed by atoms with van der Waals surface area (Å²) in [5.41, 5.74) is 1.16. The summed E-state index contributed by atoms with van der Waals surface area (Å²) in [5, 5.41) is 5.87. The number of hydrogen-bond acceptors (Lipinski definition) is 3. The fourth-order valence-corrected chi connectivity index (χ4v) is 3.63. The van der Waals surface area contributed by atoms with Crippen molar-refractivity contribution < 1.29 is 14.4 Å². The SMILES string of the molecule is O=C(NCCNC(=O)C1CC(=O)N(c2cccc(Br)c2)C1)c1ccccc1Cl. The molecule has 146 valence electrons. The van der Waals surface area contributed by atoms with Crippen molar-refractivity contribution in [2.24, 2.45) is 5.92 Å². The van der Waals surface area contributed by atoms with Crippen LogP contribution in [0.2, 0.25) is 5.02 Å². The maximum atomic E-state index is 12.4. The van der Waals surface area contributed by atoms with E-state index in [-0.39, 0.29) is 37.2 Å². The van der Waals surface area contributed by atoms with Crippen molar-refractivity contribution in [3.63, 3.8) is 0 Å². The second kappa shape index (κ2) is 9.21. The van der Waals surface area contributed by atoms with Crippen molar-refractivity contribution in [3.05, 3.63) is 63.6 Å². The van der Waals surface area contributed by atoms with E-state index in [1.807, 2.05) is 24.3 Å². The largest absolute Gasteiger partial charge is 0.354 e. The number of carbonyl (C=O) groups is 3. The van der Waals surface area contributed by atoms with E-state index < -0.39 is 5.92 Å². The highest BCUT2D eigenvalue weighted by Gasteiger charge is 2.35. The first-order valence-electron chi connectivity index (χ1n) is 8.82. The molecule has 0 aromatic heterocycles. The lowest BCUT2D eigenvalue weighted by molar-refractivity contribution is -0.126. The Labute approximate surface area is 176 Å². The van der Waals surface area contributed by atoms with Gasteiger partial charge in [-0.1, -0.05) is 45.7 Å². The zero-order valence-corrected chi connectivity index (χ0v) is 17.3. The van der Waals surface area contributed by atoms with Gasteiger partial charge in [-0.15, -0.1) is 0 Å². The Morgan fingerprint density at radius 2 is 1.86 bits per heavy atom. The zero-order chi connectivity index (χ0) is 20.1. The van der Waals surface area contributed by atoms with Crippen LogP contribution in [0.25, 0.3) is 0 Å². The fraction of sp³-hybridized carbons (Fsp3) is 0.250. The van der Waals surface area contributed by atoms with Crippen LogP contribution in [0.4, 0.5) is 5.69 Å². The van der Waals surface area contributed by atoms with Crippen molar-refractivity contribution in [2.45, 2.75) is 6.42 Å². The van der Waals surface area contributed by atoms with Gasteiger partial charge in [0.1, 0.15) is 0 Å². The first-order valence-corrected chi connectivity index (χ1v) is 9.99. The van der Waals surface area contributed by atoms with Gasteiger partial charge in [0.15, 0.2) is 0 Å². The minimum atomic E-state index is -0.411. The molecule has 3 rings (SSSR count). The van der Waals surface area contributed by atoms with Gasteiger partial charge in [-0.3, -0.25) is 14.4 Å². The molecule has 1 aliphatic rings. The Hall–Kier alpha value is -2.38. The van der Waals surface area contributed by atoms with Gasteiger partial charge in [0, 0.05) is 36.2 Å². The molecule has 0 radical (unpaired) electrons. The van der Waals surface area contributed by atoms with Gasteiger partial charge in [-0.25, -0.2) is 0 Å². The summed E-state index contributed by atoms with van der Waals surface area (Å²) >= 11 is 9.37. The number of carbonyl (C=O) groups excluding carboxylic acids is 3.